The zero-order valence-electron chi connectivity index (χ0n) is 15.8. The molecule has 1 amide bonds. The van der Waals surface area contributed by atoms with Gasteiger partial charge >= 0.3 is 0 Å². The number of aryl methyl sites for hydroxylation is 1. The summed E-state index contributed by atoms with van der Waals surface area (Å²) in [4.78, 5) is 17.3. The molecule has 4 rings (SSSR count). The second kappa shape index (κ2) is 7.81. The van der Waals surface area contributed by atoms with Crippen LogP contribution in [0.4, 0.5) is 4.39 Å². The minimum absolute atomic E-state index is 0.179. The molecular weight excluding hydrogens is 413 g/mol. The van der Waals surface area contributed by atoms with Crippen LogP contribution in [0.25, 0.3) is 10.2 Å². The van der Waals surface area contributed by atoms with Gasteiger partial charge in [-0.2, -0.15) is 9.30 Å². The molecular formula is C20H20FN3O3S2. The zero-order chi connectivity index (χ0) is 20.6. The van der Waals surface area contributed by atoms with Gasteiger partial charge in [0.05, 0.1) is 15.1 Å². The first-order chi connectivity index (χ1) is 13.9. The summed E-state index contributed by atoms with van der Waals surface area (Å²) in [5, 5.41) is 0. The fraction of sp³-hybridized carbons (Fsp3) is 0.300. The van der Waals surface area contributed by atoms with Crippen molar-refractivity contribution in [3.05, 3.63) is 58.6 Å². The number of nitrogens with zero attached hydrogens (tertiary/aromatic N) is 3. The third-order valence-electron chi connectivity index (χ3n) is 5.02. The van der Waals surface area contributed by atoms with E-state index < -0.39 is 15.9 Å². The molecule has 0 N–H and O–H groups in total. The number of thiazole rings is 1. The number of benzene rings is 2. The number of hydrogen-bond donors (Lipinski definition) is 0. The highest BCUT2D eigenvalue weighted by atomic mass is 32.2. The fourth-order valence-corrected chi connectivity index (χ4v) is 5.95. The van der Waals surface area contributed by atoms with Crippen LogP contribution in [0.15, 0.2) is 52.4 Å². The van der Waals surface area contributed by atoms with Crippen LogP contribution in [0, 0.1) is 5.82 Å². The van der Waals surface area contributed by atoms with Gasteiger partial charge in [0.25, 0.3) is 5.91 Å². The van der Waals surface area contributed by atoms with Crippen molar-refractivity contribution in [3.8, 4) is 0 Å². The number of halogens is 1. The van der Waals surface area contributed by atoms with Crippen LogP contribution in [0.2, 0.25) is 0 Å². The zero-order valence-corrected chi connectivity index (χ0v) is 17.5. The van der Waals surface area contributed by atoms with Crippen molar-refractivity contribution >= 4 is 37.5 Å². The minimum atomic E-state index is -3.54. The lowest BCUT2D eigenvalue weighted by Gasteiger charge is -2.25. The highest BCUT2D eigenvalue weighted by molar-refractivity contribution is 7.89. The molecule has 0 atom stereocenters. The van der Waals surface area contributed by atoms with E-state index in [1.165, 1.54) is 52.0 Å². The third-order valence-corrected chi connectivity index (χ3v) is 8.03. The van der Waals surface area contributed by atoms with Crippen LogP contribution in [-0.4, -0.2) is 36.3 Å². The number of piperidine rings is 1. The molecule has 0 bridgehead atoms. The standard InChI is InChI=1S/C20H20FN3O3S2/c1-23-17-10-7-15(21)13-18(17)28-20(23)22-19(25)14-5-8-16(9-6-14)29(26,27)24-11-3-2-4-12-24/h5-10,13H,2-4,11-12H2,1H3. The average Bonchev–Trinajstić information content (AvgIpc) is 3.03. The number of rotatable bonds is 3. The Labute approximate surface area is 172 Å². The van der Waals surface area contributed by atoms with Crippen LogP contribution < -0.4 is 4.80 Å². The van der Waals surface area contributed by atoms with Gasteiger partial charge in [-0.25, -0.2) is 12.8 Å². The summed E-state index contributed by atoms with van der Waals surface area (Å²) in [6.45, 7) is 1.06. The molecule has 0 unspecified atom stereocenters. The van der Waals surface area contributed by atoms with E-state index in [4.69, 9.17) is 0 Å². The first kappa shape index (κ1) is 19.9. The lowest BCUT2D eigenvalue weighted by Crippen LogP contribution is -2.35. The molecule has 2 aromatic carbocycles. The van der Waals surface area contributed by atoms with Crippen molar-refractivity contribution in [1.29, 1.82) is 0 Å². The Morgan fingerprint density at radius 2 is 1.76 bits per heavy atom. The number of sulfonamides is 1. The Hall–Kier alpha value is -2.36. The smallest absolute Gasteiger partial charge is 0.279 e. The molecule has 1 fully saturated rings. The summed E-state index contributed by atoms with van der Waals surface area (Å²) in [6.07, 6.45) is 2.78. The van der Waals surface area contributed by atoms with Crippen LogP contribution in [0.1, 0.15) is 29.6 Å². The number of hydrogen-bond acceptors (Lipinski definition) is 4. The summed E-state index contributed by atoms with van der Waals surface area (Å²) in [5.41, 5.74) is 1.08. The molecule has 2 heterocycles. The van der Waals surface area contributed by atoms with Gasteiger partial charge in [0.15, 0.2) is 4.80 Å². The quantitative estimate of drug-likeness (QED) is 0.636. The lowest BCUT2D eigenvalue weighted by atomic mass is 10.2. The Bertz CT molecular complexity index is 1240. The Balaban J connectivity index is 1.62. The topological polar surface area (TPSA) is 71.7 Å². The molecule has 1 aliphatic rings. The molecule has 0 spiro atoms. The van der Waals surface area contributed by atoms with Gasteiger partial charge in [-0.3, -0.25) is 4.79 Å². The van der Waals surface area contributed by atoms with Crippen molar-refractivity contribution in [2.24, 2.45) is 12.0 Å². The van der Waals surface area contributed by atoms with Gasteiger partial charge in [-0.15, -0.1) is 0 Å². The minimum Gasteiger partial charge on any atom is -0.319 e. The highest BCUT2D eigenvalue weighted by Gasteiger charge is 2.25. The van der Waals surface area contributed by atoms with Gasteiger partial charge in [0.1, 0.15) is 5.82 Å². The number of aromatic nitrogens is 1. The van der Waals surface area contributed by atoms with Crippen molar-refractivity contribution in [2.45, 2.75) is 24.2 Å². The van der Waals surface area contributed by atoms with E-state index in [-0.39, 0.29) is 10.7 Å². The Morgan fingerprint density at radius 3 is 2.45 bits per heavy atom. The number of fused-ring (bicyclic) bond motifs is 1. The average molecular weight is 434 g/mol. The monoisotopic (exact) mass is 433 g/mol. The molecule has 1 saturated heterocycles. The van der Waals surface area contributed by atoms with Crippen molar-refractivity contribution in [2.75, 3.05) is 13.1 Å². The van der Waals surface area contributed by atoms with E-state index >= 15 is 0 Å². The maximum Gasteiger partial charge on any atom is 0.279 e. The van der Waals surface area contributed by atoms with Crippen molar-refractivity contribution < 1.29 is 17.6 Å². The predicted octanol–water partition coefficient (Wildman–Crippen LogP) is 3.29. The summed E-state index contributed by atoms with van der Waals surface area (Å²) < 4.78 is 42.8. The second-order valence-electron chi connectivity index (χ2n) is 6.96. The molecule has 1 aliphatic heterocycles. The summed E-state index contributed by atoms with van der Waals surface area (Å²) >= 11 is 1.22. The normalized spacial score (nSPS) is 16.4. The molecule has 0 saturated carbocycles. The van der Waals surface area contributed by atoms with Gasteiger partial charge in [0, 0.05) is 25.7 Å². The van der Waals surface area contributed by atoms with Crippen LogP contribution in [0.5, 0.6) is 0 Å². The molecule has 152 valence electrons. The Morgan fingerprint density at radius 1 is 1.07 bits per heavy atom. The fourth-order valence-electron chi connectivity index (χ4n) is 3.39. The maximum atomic E-state index is 13.4. The molecule has 6 nitrogen and oxygen atoms in total. The largest absolute Gasteiger partial charge is 0.319 e. The predicted molar refractivity (Wildman–Crippen MR) is 110 cm³/mol. The van der Waals surface area contributed by atoms with Crippen LogP contribution >= 0.6 is 11.3 Å². The number of carbonyl (C=O) groups is 1. The van der Waals surface area contributed by atoms with Gasteiger partial charge in [-0.1, -0.05) is 17.8 Å². The van der Waals surface area contributed by atoms with E-state index in [9.17, 15) is 17.6 Å². The van der Waals surface area contributed by atoms with E-state index in [1.54, 1.807) is 17.7 Å². The first-order valence-electron chi connectivity index (χ1n) is 9.30. The van der Waals surface area contributed by atoms with Gasteiger partial charge in [-0.05, 0) is 55.3 Å². The highest BCUT2D eigenvalue weighted by Crippen LogP contribution is 2.21. The van der Waals surface area contributed by atoms with E-state index in [1.807, 2.05) is 0 Å². The third kappa shape index (κ3) is 3.90. The summed E-state index contributed by atoms with van der Waals surface area (Å²) in [7, 11) is -1.78. The molecule has 3 aromatic rings. The van der Waals surface area contributed by atoms with E-state index in [0.717, 1.165) is 24.8 Å². The summed E-state index contributed by atoms with van der Waals surface area (Å²) in [5.74, 6) is -0.822. The van der Waals surface area contributed by atoms with E-state index in [0.29, 0.717) is 28.2 Å². The number of carbonyl (C=O) groups excluding carboxylic acids is 1. The van der Waals surface area contributed by atoms with Gasteiger partial charge < -0.3 is 4.57 Å². The maximum absolute atomic E-state index is 13.4. The molecule has 0 radical (unpaired) electrons. The Kier molecular flexibility index (Phi) is 5.37. The molecule has 1 aromatic heterocycles. The van der Waals surface area contributed by atoms with Crippen molar-refractivity contribution in [3.63, 3.8) is 0 Å². The molecule has 29 heavy (non-hydrogen) atoms. The molecule has 9 heteroatoms. The molecule has 0 aliphatic carbocycles. The van der Waals surface area contributed by atoms with Gasteiger partial charge in [0.2, 0.25) is 10.0 Å². The van der Waals surface area contributed by atoms with Crippen LogP contribution in [0.3, 0.4) is 0 Å². The SMILES string of the molecule is Cn1c(=NC(=O)c2ccc(S(=O)(=O)N3CCCCC3)cc2)sc2cc(F)ccc21. The van der Waals surface area contributed by atoms with Crippen LogP contribution in [-0.2, 0) is 17.1 Å². The second-order valence-corrected chi connectivity index (χ2v) is 9.91. The van der Waals surface area contributed by atoms with Crippen molar-refractivity contribution in [1.82, 2.24) is 8.87 Å². The lowest BCUT2D eigenvalue weighted by molar-refractivity contribution is 0.0998. The number of amides is 1. The summed E-state index contributed by atoms with van der Waals surface area (Å²) in [6, 6.07) is 10.3. The van der Waals surface area contributed by atoms with E-state index in [2.05, 4.69) is 4.99 Å². The first-order valence-corrected chi connectivity index (χ1v) is 11.6.